The van der Waals surface area contributed by atoms with Gasteiger partial charge in [0, 0.05) is 0 Å². The van der Waals surface area contributed by atoms with Crippen LogP contribution in [0, 0.1) is 0 Å². The van der Waals surface area contributed by atoms with Gasteiger partial charge in [0.1, 0.15) is 6.10 Å². The van der Waals surface area contributed by atoms with Gasteiger partial charge in [0.25, 0.3) is 0 Å². The first-order valence-electron chi connectivity index (χ1n) is 3.66. The Balaban J connectivity index is 0.000000720. The fraction of sp³-hybridized carbons (Fsp3) is 1.00. The summed E-state index contributed by atoms with van der Waals surface area (Å²) in [5.41, 5.74) is 11.2. The lowest BCUT2D eigenvalue weighted by Crippen LogP contribution is -2.60. The van der Waals surface area contributed by atoms with Crippen molar-refractivity contribution in [1.82, 2.24) is 0 Å². The zero-order valence-electron chi connectivity index (χ0n) is 6.83. The molecule has 5 nitrogen and oxygen atoms in total. The lowest BCUT2D eigenvalue weighted by atomic mass is 9.98. The van der Waals surface area contributed by atoms with E-state index in [0.717, 1.165) is 0 Å². The average Bonchev–Trinajstić information content (AvgIpc) is 2.44. The van der Waals surface area contributed by atoms with E-state index in [1.54, 1.807) is 0 Å². The van der Waals surface area contributed by atoms with E-state index in [0.29, 0.717) is 6.61 Å². The molecular formula is C6H14Cl2N2O3. The topological polar surface area (TPSA) is 90.7 Å². The van der Waals surface area contributed by atoms with Crippen LogP contribution in [0.3, 0.4) is 0 Å². The van der Waals surface area contributed by atoms with E-state index >= 15 is 0 Å². The van der Waals surface area contributed by atoms with Crippen molar-refractivity contribution >= 4 is 24.8 Å². The molecule has 0 aromatic heterocycles. The number of hydrogen-bond acceptors (Lipinski definition) is 5. The van der Waals surface area contributed by atoms with Crippen molar-refractivity contribution in [2.24, 2.45) is 11.5 Å². The largest absolute Gasteiger partial charge is 0.390 e. The number of ether oxygens (including phenoxy) is 2. The predicted octanol–water partition coefficient (Wildman–Crippen LogP) is -1.40. The first-order chi connectivity index (χ1) is 5.20. The Kier molecular flexibility index (Phi) is 4.88. The SMILES string of the molecule is Cl.Cl.N[C@@H]1[C@@H]2OC[C@@H](O2)[C@H](N)[C@@H]1O. The number of fused-ring (bicyclic) bond motifs is 2. The van der Waals surface area contributed by atoms with Gasteiger partial charge in [-0.3, -0.25) is 0 Å². The second-order valence-electron chi connectivity index (χ2n) is 3.02. The molecule has 0 aromatic rings. The molecule has 80 valence electrons. The van der Waals surface area contributed by atoms with Crippen LogP contribution in [0.1, 0.15) is 0 Å². The Labute approximate surface area is 88.6 Å². The highest BCUT2D eigenvalue weighted by molar-refractivity contribution is 5.85. The van der Waals surface area contributed by atoms with Gasteiger partial charge in [0.05, 0.1) is 24.8 Å². The van der Waals surface area contributed by atoms with Crippen LogP contribution in [0.25, 0.3) is 0 Å². The van der Waals surface area contributed by atoms with Crippen LogP contribution in [-0.4, -0.2) is 42.3 Å². The molecule has 2 aliphatic heterocycles. The quantitative estimate of drug-likeness (QED) is 0.478. The van der Waals surface area contributed by atoms with Crippen molar-refractivity contribution in [3.05, 3.63) is 0 Å². The standard InChI is InChI=1S/C6H12N2O3.2ClH/c7-3-2-1-10-6(11-2)4(8)5(3)9;;/h2-6,9H,1,7-8H2;2*1H/t2-,3+,4+,5+,6-;;/m1../s1. The molecule has 0 aliphatic carbocycles. The third-order valence-corrected chi connectivity index (χ3v) is 2.27. The Hall–Kier alpha value is 0.380. The lowest BCUT2D eigenvalue weighted by Gasteiger charge is -2.33. The fourth-order valence-electron chi connectivity index (χ4n) is 1.48. The predicted molar refractivity (Wildman–Crippen MR) is 51.1 cm³/mol. The normalized spacial score (nSPS) is 47.8. The summed E-state index contributed by atoms with van der Waals surface area (Å²) in [6, 6.07) is -0.924. The van der Waals surface area contributed by atoms with Crippen molar-refractivity contribution in [3.63, 3.8) is 0 Å². The monoisotopic (exact) mass is 232 g/mol. The molecule has 2 aliphatic rings. The third-order valence-electron chi connectivity index (χ3n) is 2.27. The molecule has 5 N–H and O–H groups in total. The maximum Gasteiger partial charge on any atom is 0.175 e. The van der Waals surface area contributed by atoms with Gasteiger partial charge in [-0.05, 0) is 0 Å². The molecule has 2 rings (SSSR count). The van der Waals surface area contributed by atoms with E-state index in [-0.39, 0.29) is 30.9 Å². The zero-order valence-corrected chi connectivity index (χ0v) is 8.46. The molecule has 0 radical (unpaired) electrons. The summed E-state index contributed by atoms with van der Waals surface area (Å²) in [6.45, 7) is 0.441. The minimum atomic E-state index is -0.707. The average molecular weight is 233 g/mol. The summed E-state index contributed by atoms with van der Waals surface area (Å²) in [5, 5.41) is 9.42. The number of nitrogens with two attached hydrogens (primary N) is 2. The van der Waals surface area contributed by atoms with Crippen LogP contribution in [0.4, 0.5) is 0 Å². The van der Waals surface area contributed by atoms with Gasteiger partial charge in [-0.15, -0.1) is 24.8 Å². The Morgan fingerprint density at radius 3 is 2.38 bits per heavy atom. The highest BCUT2D eigenvalue weighted by Gasteiger charge is 2.46. The zero-order chi connectivity index (χ0) is 8.01. The van der Waals surface area contributed by atoms with E-state index in [9.17, 15) is 5.11 Å². The summed E-state index contributed by atoms with van der Waals surface area (Å²) >= 11 is 0. The molecule has 2 heterocycles. The maximum absolute atomic E-state index is 9.42. The summed E-state index contributed by atoms with van der Waals surface area (Å²) < 4.78 is 10.4. The smallest absolute Gasteiger partial charge is 0.175 e. The van der Waals surface area contributed by atoms with Crippen molar-refractivity contribution in [2.75, 3.05) is 6.61 Å². The van der Waals surface area contributed by atoms with Gasteiger partial charge in [0.2, 0.25) is 0 Å². The van der Waals surface area contributed by atoms with Crippen molar-refractivity contribution in [3.8, 4) is 0 Å². The second-order valence-corrected chi connectivity index (χ2v) is 3.02. The Bertz CT molecular complexity index is 154. The summed E-state index contributed by atoms with van der Waals surface area (Å²) in [7, 11) is 0. The van der Waals surface area contributed by atoms with Gasteiger partial charge >= 0.3 is 0 Å². The summed E-state index contributed by atoms with van der Waals surface area (Å²) in [5.74, 6) is 0. The highest BCUT2D eigenvalue weighted by Crippen LogP contribution is 2.25. The number of aliphatic hydroxyl groups is 1. The number of rotatable bonds is 0. The van der Waals surface area contributed by atoms with Crippen LogP contribution in [-0.2, 0) is 9.47 Å². The third kappa shape index (κ3) is 2.07. The van der Waals surface area contributed by atoms with Gasteiger partial charge in [-0.1, -0.05) is 0 Å². The van der Waals surface area contributed by atoms with Gasteiger partial charge in [-0.2, -0.15) is 0 Å². The van der Waals surface area contributed by atoms with Crippen LogP contribution in [0.2, 0.25) is 0 Å². The molecule has 2 bridgehead atoms. The van der Waals surface area contributed by atoms with Gasteiger partial charge in [0.15, 0.2) is 6.29 Å². The molecule has 5 atom stereocenters. The Morgan fingerprint density at radius 1 is 1.15 bits per heavy atom. The number of aliphatic hydroxyl groups excluding tert-OH is 1. The van der Waals surface area contributed by atoms with E-state index in [1.165, 1.54) is 0 Å². The van der Waals surface area contributed by atoms with E-state index in [2.05, 4.69) is 0 Å². The molecule has 0 saturated carbocycles. The van der Waals surface area contributed by atoms with Crippen molar-refractivity contribution < 1.29 is 14.6 Å². The molecule has 0 unspecified atom stereocenters. The molecule has 0 aromatic carbocycles. The maximum atomic E-state index is 9.42. The van der Waals surface area contributed by atoms with Crippen LogP contribution >= 0.6 is 24.8 Å². The van der Waals surface area contributed by atoms with Gasteiger partial charge < -0.3 is 26.0 Å². The van der Waals surface area contributed by atoms with Crippen LogP contribution < -0.4 is 11.5 Å². The van der Waals surface area contributed by atoms with E-state index in [4.69, 9.17) is 20.9 Å². The molecule has 7 heteroatoms. The van der Waals surface area contributed by atoms with Crippen LogP contribution in [0.5, 0.6) is 0 Å². The Morgan fingerprint density at radius 2 is 1.77 bits per heavy atom. The van der Waals surface area contributed by atoms with Crippen molar-refractivity contribution in [2.45, 2.75) is 30.6 Å². The molecular weight excluding hydrogens is 219 g/mol. The minimum Gasteiger partial charge on any atom is -0.390 e. The lowest BCUT2D eigenvalue weighted by molar-refractivity contribution is -0.138. The molecule has 2 saturated heterocycles. The van der Waals surface area contributed by atoms with Gasteiger partial charge in [-0.25, -0.2) is 0 Å². The fourth-order valence-corrected chi connectivity index (χ4v) is 1.48. The summed E-state index contributed by atoms with van der Waals surface area (Å²) in [6.07, 6.45) is -1.36. The van der Waals surface area contributed by atoms with E-state index in [1.807, 2.05) is 0 Å². The second kappa shape index (κ2) is 4.75. The molecule has 0 spiro atoms. The number of hydrogen-bond donors (Lipinski definition) is 3. The summed E-state index contributed by atoms with van der Waals surface area (Å²) in [4.78, 5) is 0. The highest BCUT2D eigenvalue weighted by atomic mass is 35.5. The van der Waals surface area contributed by atoms with E-state index < -0.39 is 24.5 Å². The minimum absolute atomic E-state index is 0. The molecule has 2 fully saturated rings. The van der Waals surface area contributed by atoms with Crippen LogP contribution in [0.15, 0.2) is 0 Å². The first kappa shape index (κ1) is 13.4. The molecule has 0 amide bonds. The molecule has 13 heavy (non-hydrogen) atoms. The van der Waals surface area contributed by atoms with Crippen molar-refractivity contribution in [1.29, 1.82) is 0 Å². The number of halogens is 2. The first-order valence-corrected chi connectivity index (χ1v) is 3.66.